The second-order valence-corrected chi connectivity index (χ2v) is 23.1. The summed E-state index contributed by atoms with van der Waals surface area (Å²) in [4.78, 5) is 124. The molecule has 0 rings (SSSR count). The quantitative estimate of drug-likeness (QED) is 0.0461. The van der Waals surface area contributed by atoms with Gasteiger partial charge < -0.3 is 76.6 Å². The standard InChI is InChI=1S/C5H12O2.12C3H6O2S.C2H4O2S.Pt/c1-4(6)3-5(2)7;12*1-6-2-3(4)5;3-2(4)1-5;/h4-7H,3H2,1-2H3;12*2H2,1H3,(H,4,5);5H,1H2,(H,3,4);. The second-order valence-electron chi connectivity index (χ2n) is 12.4. The van der Waals surface area contributed by atoms with Crippen LogP contribution in [0.15, 0.2) is 0 Å². The van der Waals surface area contributed by atoms with E-state index in [9.17, 15) is 62.3 Å². The fraction of sp³-hybridized carbons (Fsp3) is 0.698. The van der Waals surface area contributed by atoms with E-state index in [2.05, 4.69) is 12.6 Å². The molecule has 0 aromatic carbocycles. The Bertz CT molecular complexity index is 1210. The van der Waals surface area contributed by atoms with Crippen LogP contribution in [0.5, 0.6) is 0 Å². The number of rotatable bonds is 27. The zero-order valence-corrected chi connectivity index (χ0v) is 62.2. The molecular formula is C43H88O28PtS13. The van der Waals surface area contributed by atoms with E-state index < -0.39 is 77.6 Å². The Balaban J connectivity index is -0.0000000477. The molecule has 0 saturated carbocycles. The van der Waals surface area contributed by atoms with Gasteiger partial charge in [0.1, 0.15) is 0 Å². The first-order chi connectivity index (χ1) is 38.6. The molecule has 0 saturated heterocycles. The number of thiol groups is 1. The molecule has 42 heteroatoms. The Morgan fingerprint density at radius 2 is 0.318 bits per heavy atom. The molecule has 85 heavy (non-hydrogen) atoms. The number of carboxylic acid groups (broad SMARTS) is 13. The maximum absolute atomic E-state index is 9.58. The van der Waals surface area contributed by atoms with Crippen LogP contribution in [-0.4, -0.2) is 316 Å². The fourth-order valence-corrected chi connectivity index (χ4v) is 4.94. The number of carbonyl (C=O) groups is 13. The number of aliphatic hydroxyl groups excluding tert-OH is 2. The smallest absolute Gasteiger partial charge is 0.313 e. The predicted octanol–water partition coefficient (Wildman–Crippen LogP) is 5.34. The Labute approximate surface area is 568 Å². The molecule has 0 aliphatic heterocycles. The SMILES string of the molecule is CC(O)CC(C)O.CSCC(=O)O.CSCC(=O)O.CSCC(=O)O.CSCC(=O)O.CSCC(=O)O.CSCC(=O)O.CSCC(=O)O.CSCC(=O)O.CSCC(=O)O.CSCC(=O)O.CSCC(=O)O.CSCC(=O)O.O=C(O)CS.[Pt]. The summed E-state index contributed by atoms with van der Waals surface area (Å²) in [5.74, 6) is -7.44. The minimum Gasteiger partial charge on any atom is -0.481 e. The summed E-state index contributed by atoms with van der Waals surface area (Å²) < 4.78 is 0. The molecule has 0 aliphatic rings. The number of hydrogen-bond donors (Lipinski definition) is 16. The first kappa shape index (κ1) is 121. The van der Waals surface area contributed by atoms with Gasteiger partial charge in [0.05, 0.1) is 87.0 Å². The van der Waals surface area contributed by atoms with E-state index in [0.717, 1.165) is 0 Å². The molecule has 0 spiro atoms. The number of carboxylic acids is 13. The molecule has 516 valence electrons. The van der Waals surface area contributed by atoms with Gasteiger partial charge in [-0.25, -0.2) is 0 Å². The minimum atomic E-state index is -0.881. The van der Waals surface area contributed by atoms with Crippen LogP contribution < -0.4 is 0 Å². The van der Waals surface area contributed by atoms with Crippen molar-refractivity contribution in [3.05, 3.63) is 0 Å². The van der Waals surface area contributed by atoms with Crippen molar-refractivity contribution in [2.24, 2.45) is 0 Å². The van der Waals surface area contributed by atoms with Gasteiger partial charge in [-0.3, -0.25) is 62.3 Å². The molecule has 0 radical (unpaired) electrons. The summed E-state index contributed by atoms with van der Waals surface area (Å²) in [6.45, 7) is 3.32. The first-order valence-corrected chi connectivity index (χ1v) is 38.7. The second kappa shape index (κ2) is 113. The van der Waals surface area contributed by atoms with Crippen molar-refractivity contribution in [2.75, 3.05) is 150 Å². The van der Waals surface area contributed by atoms with Crippen LogP contribution in [0.1, 0.15) is 20.3 Å². The van der Waals surface area contributed by atoms with E-state index in [1.165, 1.54) is 141 Å². The van der Waals surface area contributed by atoms with E-state index in [-0.39, 0.29) is 108 Å². The van der Waals surface area contributed by atoms with Gasteiger partial charge in [0.2, 0.25) is 0 Å². The van der Waals surface area contributed by atoms with E-state index in [4.69, 9.17) is 76.6 Å². The molecule has 0 aromatic heterocycles. The summed E-state index contributed by atoms with van der Waals surface area (Å²) in [6.07, 6.45) is 20.8. The van der Waals surface area contributed by atoms with Crippen molar-refractivity contribution >= 4 is 231 Å². The van der Waals surface area contributed by atoms with Crippen LogP contribution in [0.3, 0.4) is 0 Å². The van der Waals surface area contributed by atoms with Gasteiger partial charge in [-0.2, -0.15) is 154 Å². The molecule has 0 aliphatic carbocycles. The van der Waals surface area contributed by atoms with Crippen LogP contribution in [-0.2, 0) is 83.4 Å². The molecule has 0 aromatic rings. The van der Waals surface area contributed by atoms with Gasteiger partial charge >= 0.3 is 77.6 Å². The monoisotopic (exact) mass is 1660 g/mol. The van der Waals surface area contributed by atoms with Crippen molar-refractivity contribution in [3.63, 3.8) is 0 Å². The molecule has 2 unspecified atom stereocenters. The van der Waals surface area contributed by atoms with Crippen molar-refractivity contribution in [3.8, 4) is 0 Å². The molecule has 2 atom stereocenters. The summed E-state index contributed by atoms with van der Waals surface area (Å²) >= 11 is 19.1. The van der Waals surface area contributed by atoms with Crippen LogP contribution in [0.4, 0.5) is 0 Å². The molecule has 0 bridgehead atoms. The molecule has 28 nitrogen and oxygen atoms in total. The maximum Gasteiger partial charge on any atom is 0.313 e. The topological polar surface area (TPSA) is 525 Å². The molecule has 0 heterocycles. The Hall–Kier alpha value is -1.73. The third-order valence-corrected chi connectivity index (χ3v) is 10.7. The van der Waals surface area contributed by atoms with Gasteiger partial charge in [-0.15, -0.1) is 0 Å². The average molecular weight is 1670 g/mol. The van der Waals surface area contributed by atoms with Crippen LogP contribution in [0.25, 0.3) is 0 Å². The molecule has 0 fully saturated rings. The Morgan fingerprint density at radius 1 is 0.247 bits per heavy atom. The van der Waals surface area contributed by atoms with Crippen LogP contribution >= 0.6 is 154 Å². The zero-order chi connectivity index (χ0) is 70.0. The van der Waals surface area contributed by atoms with Gasteiger partial charge in [0.15, 0.2) is 0 Å². The third kappa shape index (κ3) is 327. The largest absolute Gasteiger partial charge is 0.481 e. The van der Waals surface area contributed by atoms with Crippen molar-refractivity contribution in [1.82, 2.24) is 0 Å². The third-order valence-electron chi connectivity index (χ3n) is 4.03. The van der Waals surface area contributed by atoms with E-state index in [0.29, 0.717) is 6.42 Å². The number of aliphatic hydroxyl groups is 2. The average Bonchev–Trinajstić information content (AvgIpc) is 3.31. The van der Waals surface area contributed by atoms with Gasteiger partial charge in [0, 0.05) is 21.1 Å². The van der Waals surface area contributed by atoms with E-state index >= 15 is 0 Å². The summed E-state index contributed by atoms with van der Waals surface area (Å²) in [6, 6.07) is 0. The number of aliphatic carboxylic acids is 13. The molecule has 0 amide bonds. The van der Waals surface area contributed by atoms with Crippen LogP contribution in [0.2, 0.25) is 0 Å². The summed E-state index contributed by atoms with van der Waals surface area (Å²) in [7, 11) is 0. The van der Waals surface area contributed by atoms with Crippen LogP contribution in [0, 0.1) is 0 Å². The normalized spacial score (nSPS) is 8.91. The molecular weight excluding hydrogens is 1580 g/mol. The minimum absolute atomic E-state index is 0. The van der Waals surface area contributed by atoms with Crippen molar-refractivity contribution in [1.29, 1.82) is 0 Å². The number of thioether (sulfide) groups is 12. The van der Waals surface area contributed by atoms with E-state index in [1.807, 2.05) is 0 Å². The Kier molecular flexibility index (Phi) is 161. The Morgan fingerprint density at radius 3 is 0.318 bits per heavy atom. The maximum atomic E-state index is 9.58. The van der Waals surface area contributed by atoms with Crippen molar-refractivity contribution < 1.29 is 160 Å². The van der Waals surface area contributed by atoms with Crippen molar-refractivity contribution in [2.45, 2.75) is 32.5 Å². The summed E-state index contributed by atoms with van der Waals surface area (Å²) in [5, 5.41) is 119. The van der Waals surface area contributed by atoms with E-state index in [1.54, 1.807) is 88.9 Å². The van der Waals surface area contributed by atoms with Gasteiger partial charge in [-0.05, 0) is 95.3 Å². The summed E-state index contributed by atoms with van der Waals surface area (Å²) in [5.41, 5.74) is 0. The van der Waals surface area contributed by atoms with Gasteiger partial charge in [0.25, 0.3) is 0 Å². The van der Waals surface area contributed by atoms with Gasteiger partial charge in [-0.1, -0.05) is 0 Å². The fourth-order valence-electron chi connectivity index (χ4n) is 1.98. The first-order valence-electron chi connectivity index (χ1n) is 21.3. The zero-order valence-electron chi connectivity index (χ0n) is 49.2. The number of hydrogen-bond acceptors (Lipinski definition) is 28. The predicted molar refractivity (Wildman–Crippen MR) is 362 cm³/mol. The molecule has 15 N–H and O–H groups in total.